The highest BCUT2D eigenvalue weighted by atomic mass is 16.5. The van der Waals surface area contributed by atoms with Gasteiger partial charge in [0.05, 0.1) is 19.1 Å². The molecule has 0 aromatic heterocycles. The molecule has 1 rings (SSSR count). The number of likely N-dealkylation sites (N-methyl/N-ethyl adjacent to an activating group) is 1. The monoisotopic (exact) mass is 270 g/mol. The molecule has 0 aromatic rings. The molecule has 6 heteroatoms. The van der Waals surface area contributed by atoms with Crippen LogP contribution in [0.1, 0.15) is 19.3 Å². The van der Waals surface area contributed by atoms with E-state index in [1.807, 2.05) is 0 Å². The molecule has 0 saturated carbocycles. The Kier molecular flexibility index (Phi) is 6.35. The lowest BCUT2D eigenvalue weighted by Crippen LogP contribution is -2.46. The van der Waals surface area contributed by atoms with Gasteiger partial charge in [0.2, 0.25) is 0 Å². The molecular weight excluding hydrogens is 248 g/mol. The summed E-state index contributed by atoms with van der Waals surface area (Å²) in [5, 5.41) is 8.52. The van der Waals surface area contributed by atoms with Crippen molar-refractivity contribution in [3.63, 3.8) is 0 Å². The first-order chi connectivity index (χ1) is 9.04. The number of amides is 2. The van der Waals surface area contributed by atoms with Crippen molar-refractivity contribution < 1.29 is 19.4 Å². The molecule has 0 radical (unpaired) electrons. The van der Waals surface area contributed by atoms with Gasteiger partial charge in [-0.2, -0.15) is 0 Å². The number of rotatable bonds is 6. The molecule has 0 bridgehead atoms. The van der Waals surface area contributed by atoms with Gasteiger partial charge < -0.3 is 19.6 Å². The van der Waals surface area contributed by atoms with Crippen LogP contribution < -0.4 is 0 Å². The number of nitrogens with zero attached hydrogens (tertiary/aromatic N) is 2. The summed E-state index contributed by atoms with van der Waals surface area (Å²) < 4.78 is 5.48. The standard InChI is InChI=1S/C13H22N2O4/c1-3-7-14(2)13(18)15-8-4-11(5-9-15)19-10-6-12(16)17/h3,11H,1,4-10H2,2H3,(H,16,17). The van der Waals surface area contributed by atoms with Crippen molar-refractivity contribution >= 4 is 12.0 Å². The number of piperidine rings is 1. The third kappa shape index (κ3) is 5.30. The summed E-state index contributed by atoms with van der Waals surface area (Å²) in [5.74, 6) is -0.848. The fourth-order valence-corrected chi connectivity index (χ4v) is 2.04. The van der Waals surface area contributed by atoms with Crippen molar-refractivity contribution in [2.45, 2.75) is 25.4 Å². The average Bonchev–Trinajstić information content (AvgIpc) is 2.38. The minimum absolute atomic E-state index is 0.00360. The Balaban J connectivity index is 2.26. The number of urea groups is 1. The fraction of sp³-hybridized carbons (Fsp3) is 0.692. The van der Waals surface area contributed by atoms with E-state index in [4.69, 9.17) is 9.84 Å². The van der Waals surface area contributed by atoms with E-state index < -0.39 is 5.97 Å². The van der Waals surface area contributed by atoms with Crippen LogP contribution in [0.25, 0.3) is 0 Å². The predicted molar refractivity (Wildman–Crippen MR) is 71.0 cm³/mol. The fourth-order valence-electron chi connectivity index (χ4n) is 2.04. The SMILES string of the molecule is C=CCN(C)C(=O)N1CCC(OCCC(=O)O)CC1. The molecule has 1 aliphatic heterocycles. The quantitative estimate of drug-likeness (QED) is 0.736. The van der Waals surface area contributed by atoms with Crippen molar-refractivity contribution in [3.8, 4) is 0 Å². The number of likely N-dealkylation sites (tertiary alicyclic amines) is 1. The lowest BCUT2D eigenvalue weighted by molar-refractivity contribution is -0.138. The largest absolute Gasteiger partial charge is 0.481 e. The van der Waals surface area contributed by atoms with Gasteiger partial charge in [-0.05, 0) is 12.8 Å². The summed E-state index contributed by atoms with van der Waals surface area (Å²) >= 11 is 0. The third-order valence-corrected chi connectivity index (χ3v) is 3.11. The van der Waals surface area contributed by atoms with Crippen molar-refractivity contribution in [2.24, 2.45) is 0 Å². The molecule has 0 atom stereocenters. The van der Waals surface area contributed by atoms with E-state index in [-0.39, 0.29) is 25.2 Å². The van der Waals surface area contributed by atoms with Gasteiger partial charge in [0.25, 0.3) is 0 Å². The zero-order valence-corrected chi connectivity index (χ0v) is 11.4. The summed E-state index contributed by atoms with van der Waals surface area (Å²) in [5.41, 5.74) is 0. The Morgan fingerprint density at radius 1 is 1.47 bits per heavy atom. The number of ether oxygens (including phenoxy) is 1. The molecule has 2 amide bonds. The molecule has 0 aromatic carbocycles. The number of carboxylic acid groups (broad SMARTS) is 1. The van der Waals surface area contributed by atoms with Crippen molar-refractivity contribution in [1.82, 2.24) is 9.80 Å². The average molecular weight is 270 g/mol. The minimum atomic E-state index is -0.848. The number of carbonyl (C=O) groups excluding carboxylic acids is 1. The Hall–Kier alpha value is -1.56. The molecule has 0 spiro atoms. The summed E-state index contributed by atoms with van der Waals surface area (Å²) in [6, 6.07) is 0.00360. The van der Waals surface area contributed by atoms with Crippen LogP contribution in [0.5, 0.6) is 0 Å². The Morgan fingerprint density at radius 3 is 2.63 bits per heavy atom. The van der Waals surface area contributed by atoms with Crippen LogP contribution in [-0.2, 0) is 9.53 Å². The minimum Gasteiger partial charge on any atom is -0.481 e. The topological polar surface area (TPSA) is 70.1 Å². The van der Waals surface area contributed by atoms with Crippen LogP contribution >= 0.6 is 0 Å². The van der Waals surface area contributed by atoms with Crippen LogP contribution in [0, 0.1) is 0 Å². The highest BCUT2D eigenvalue weighted by molar-refractivity contribution is 5.74. The van der Waals surface area contributed by atoms with Gasteiger partial charge in [-0.3, -0.25) is 4.79 Å². The summed E-state index contributed by atoms with van der Waals surface area (Å²) in [6.45, 7) is 5.69. The number of hydrogen-bond donors (Lipinski definition) is 1. The van der Waals surface area contributed by atoms with Crippen LogP contribution in [-0.4, -0.2) is 66.3 Å². The second-order valence-electron chi connectivity index (χ2n) is 4.65. The Morgan fingerprint density at radius 2 is 2.11 bits per heavy atom. The smallest absolute Gasteiger partial charge is 0.320 e. The summed E-state index contributed by atoms with van der Waals surface area (Å²) in [7, 11) is 1.75. The van der Waals surface area contributed by atoms with Crippen LogP contribution in [0.15, 0.2) is 12.7 Å². The van der Waals surface area contributed by atoms with E-state index in [0.29, 0.717) is 19.6 Å². The molecule has 19 heavy (non-hydrogen) atoms. The second kappa shape index (κ2) is 7.78. The normalized spacial score (nSPS) is 16.2. The van der Waals surface area contributed by atoms with E-state index in [1.54, 1.807) is 22.9 Å². The van der Waals surface area contributed by atoms with Crippen molar-refractivity contribution in [3.05, 3.63) is 12.7 Å². The van der Waals surface area contributed by atoms with E-state index in [9.17, 15) is 9.59 Å². The van der Waals surface area contributed by atoms with Crippen LogP contribution in [0.3, 0.4) is 0 Å². The zero-order valence-electron chi connectivity index (χ0n) is 11.4. The van der Waals surface area contributed by atoms with Gasteiger partial charge >= 0.3 is 12.0 Å². The second-order valence-corrected chi connectivity index (χ2v) is 4.65. The lowest BCUT2D eigenvalue weighted by Gasteiger charge is -2.34. The third-order valence-electron chi connectivity index (χ3n) is 3.11. The van der Waals surface area contributed by atoms with E-state index in [0.717, 1.165) is 12.8 Å². The Bertz CT molecular complexity index is 325. The first-order valence-corrected chi connectivity index (χ1v) is 6.49. The first kappa shape index (κ1) is 15.5. The highest BCUT2D eigenvalue weighted by Gasteiger charge is 2.24. The molecule has 1 N–H and O–H groups in total. The zero-order chi connectivity index (χ0) is 14.3. The van der Waals surface area contributed by atoms with Gasteiger partial charge in [0.1, 0.15) is 0 Å². The van der Waals surface area contributed by atoms with Gasteiger partial charge in [-0.1, -0.05) is 6.08 Å². The molecule has 0 aliphatic carbocycles. The number of carbonyl (C=O) groups is 2. The van der Waals surface area contributed by atoms with E-state index in [1.165, 1.54) is 0 Å². The van der Waals surface area contributed by atoms with E-state index >= 15 is 0 Å². The number of hydrogen-bond acceptors (Lipinski definition) is 3. The summed E-state index contributed by atoms with van der Waals surface area (Å²) in [4.78, 5) is 25.8. The highest BCUT2D eigenvalue weighted by Crippen LogP contribution is 2.15. The predicted octanol–water partition coefficient (Wildman–Crippen LogP) is 1.18. The van der Waals surface area contributed by atoms with Gasteiger partial charge in [0.15, 0.2) is 0 Å². The Labute approximate surface area is 113 Å². The summed E-state index contributed by atoms with van der Waals surface area (Å²) in [6.07, 6.45) is 3.30. The van der Waals surface area contributed by atoms with Gasteiger partial charge in [0, 0.05) is 26.7 Å². The lowest BCUT2D eigenvalue weighted by atomic mass is 10.1. The van der Waals surface area contributed by atoms with E-state index in [2.05, 4.69) is 6.58 Å². The van der Waals surface area contributed by atoms with Crippen molar-refractivity contribution in [1.29, 1.82) is 0 Å². The molecule has 1 aliphatic rings. The van der Waals surface area contributed by atoms with Crippen LogP contribution in [0.4, 0.5) is 4.79 Å². The molecule has 108 valence electrons. The molecule has 1 fully saturated rings. The number of carboxylic acids is 1. The molecule has 1 saturated heterocycles. The first-order valence-electron chi connectivity index (χ1n) is 6.49. The molecule has 1 heterocycles. The number of aliphatic carboxylic acids is 1. The van der Waals surface area contributed by atoms with Gasteiger partial charge in [-0.25, -0.2) is 4.79 Å². The maximum Gasteiger partial charge on any atom is 0.320 e. The van der Waals surface area contributed by atoms with Crippen LogP contribution in [0.2, 0.25) is 0 Å². The molecule has 6 nitrogen and oxygen atoms in total. The maximum atomic E-state index is 12.0. The molecular formula is C13H22N2O4. The van der Waals surface area contributed by atoms with Crippen molar-refractivity contribution in [2.75, 3.05) is 33.3 Å². The van der Waals surface area contributed by atoms with Gasteiger partial charge in [-0.15, -0.1) is 6.58 Å². The molecule has 0 unspecified atom stereocenters. The maximum absolute atomic E-state index is 12.0.